The van der Waals surface area contributed by atoms with Crippen LogP contribution in [0.2, 0.25) is 0 Å². The zero-order valence-electron chi connectivity index (χ0n) is 14.2. The Hall–Kier alpha value is -1.86. The molecule has 0 aromatic heterocycles. The number of rotatable bonds is 2. The van der Waals surface area contributed by atoms with E-state index >= 15 is 0 Å². The van der Waals surface area contributed by atoms with Crippen molar-refractivity contribution in [2.45, 2.75) is 29.0 Å². The number of halogens is 2. The van der Waals surface area contributed by atoms with Crippen LogP contribution in [-0.4, -0.2) is 27.8 Å². The van der Waals surface area contributed by atoms with E-state index in [1.807, 2.05) is 6.07 Å². The first-order valence-corrected chi connectivity index (χ1v) is 10.0. The molecule has 26 heavy (non-hydrogen) atoms. The van der Waals surface area contributed by atoms with Gasteiger partial charge in [-0.15, -0.1) is 11.8 Å². The van der Waals surface area contributed by atoms with Crippen molar-refractivity contribution >= 4 is 35.1 Å². The number of carbonyl (C=O) groups excluding carboxylic acids is 1. The van der Waals surface area contributed by atoms with Crippen molar-refractivity contribution in [1.82, 2.24) is 5.01 Å². The van der Waals surface area contributed by atoms with E-state index in [1.54, 1.807) is 36.9 Å². The maximum atomic E-state index is 14.8. The summed E-state index contributed by atoms with van der Waals surface area (Å²) in [5, 5.41) is 5.67. The Morgan fingerprint density at radius 3 is 2.65 bits per heavy atom. The van der Waals surface area contributed by atoms with Gasteiger partial charge < -0.3 is 0 Å². The summed E-state index contributed by atoms with van der Waals surface area (Å²) >= 11 is 3.04. The van der Waals surface area contributed by atoms with Crippen LogP contribution in [0, 0.1) is 24.5 Å². The average molecular weight is 390 g/mol. The Kier molecular flexibility index (Phi) is 4.52. The van der Waals surface area contributed by atoms with Gasteiger partial charge in [0, 0.05) is 33.9 Å². The first-order valence-electron chi connectivity index (χ1n) is 8.18. The highest BCUT2D eigenvalue weighted by Gasteiger charge is 2.44. The van der Waals surface area contributed by atoms with E-state index in [1.165, 1.54) is 35.8 Å². The van der Waals surface area contributed by atoms with Crippen LogP contribution in [0.4, 0.5) is 8.78 Å². The molecule has 0 fully saturated rings. The van der Waals surface area contributed by atoms with E-state index in [9.17, 15) is 13.6 Å². The van der Waals surface area contributed by atoms with Crippen LogP contribution in [0.1, 0.15) is 18.1 Å². The normalized spacial score (nSPS) is 21.2. The number of benzene rings is 2. The number of hydrogen-bond donors (Lipinski definition) is 0. The van der Waals surface area contributed by atoms with Gasteiger partial charge in [-0.1, -0.05) is 17.8 Å². The number of hydrazone groups is 1. The molecule has 0 aliphatic carbocycles. The van der Waals surface area contributed by atoms with Crippen LogP contribution < -0.4 is 0 Å². The molecule has 3 nitrogen and oxygen atoms in total. The van der Waals surface area contributed by atoms with Gasteiger partial charge in [0.1, 0.15) is 17.0 Å². The Labute approximate surface area is 158 Å². The topological polar surface area (TPSA) is 32.7 Å². The second-order valence-electron chi connectivity index (χ2n) is 6.30. The van der Waals surface area contributed by atoms with Gasteiger partial charge in [-0.25, -0.2) is 13.8 Å². The number of fused-ring (bicyclic) bond motifs is 3. The van der Waals surface area contributed by atoms with Crippen LogP contribution >= 0.6 is 23.5 Å². The third kappa shape index (κ3) is 2.93. The third-order valence-corrected chi connectivity index (χ3v) is 7.01. The minimum absolute atomic E-state index is 0.0808. The minimum Gasteiger partial charge on any atom is -0.273 e. The highest BCUT2D eigenvalue weighted by Crippen LogP contribution is 2.45. The zero-order chi connectivity index (χ0) is 18.4. The van der Waals surface area contributed by atoms with Crippen LogP contribution in [0.15, 0.2) is 51.3 Å². The van der Waals surface area contributed by atoms with Gasteiger partial charge in [0.25, 0.3) is 0 Å². The van der Waals surface area contributed by atoms with Crippen molar-refractivity contribution in [1.29, 1.82) is 0 Å². The number of thioether (sulfide) groups is 2. The van der Waals surface area contributed by atoms with Gasteiger partial charge in [-0.2, -0.15) is 5.10 Å². The predicted octanol–water partition coefficient (Wildman–Crippen LogP) is 4.68. The summed E-state index contributed by atoms with van der Waals surface area (Å²) in [7, 11) is 0. The highest BCUT2D eigenvalue weighted by atomic mass is 32.2. The summed E-state index contributed by atoms with van der Waals surface area (Å²) < 4.78 is 28.0. The first kappa shape index (κ1) is 17.5. The van der Waals surface area contributed by atoms with Crippen molar-refractivity contribution in [2.24, 2.45) is 11.0 Å². The van der Waals surface area contributed by atoms with E-state index < -0.39 is 0 Å². The molecular weight excluding hydrogens is 374 g/mol. The lowest BCUT2D eigenvalue weighted by Crippen LogP contribution is -2.36. The number of nitrogens with zero attached hydrogens (tertiary/aromatic N) is 2. The molecule has 7 heteroatoms. The molecule has 2 aromatic carbocycles. The van der Waals surface area contributed by atoms with Gasteiger partial charge in [0.15, 0.2) is 0 Å². The van der Waals surface area contributed by atoms with Crippen LogP contribution in [0.3, 0.4) is 0 Å². The molecule has 2 aliphatic rings. The molecular formula is C19H16F2N2OS2. The maximum Gasteiger partial charge on any atom is 0.240 e. The highest BCUT2D eigenvalue weighted by molar-refractivity contribution is 8.00. The fraction of sp³-hybridized carbons (Fsp3) is 0.263. The quantitative estimate of drug-likeness (QED) is 0.746. The molecule has 1 amide bonds. The van der Waals surface area contributed by atoms with E-state index in [0.29, 0.717) is 16.8 Å². The van der Waals surface area contributed by atoms with E-state index in [4.69, 9.17) is 0 Å². The van der Waals surface area contributed by atoms with Crippen molar-refractivity contribution in [3.8, 4) is 0 Å². The molecule has 2 atom stereocenters. The molecule has 4 rings (SSSR count). The molecule has 0 saturated heterocycles. The summed E-state index contributed by atoms with van der Waals surface area (Å²) in [4.78, 5) is 13.9. The molecule has 0 spiro atoms. The molecule has 0 bridgehead atoms. The Morgan fingerprint density at radius 2 is 1.96 bits per heavy atom. The van der Waals surface area contributed by atoms with Crippen LogP contribution in [0.25, 0.3) is 0 Å². The zero-order valence-corrected chi connectivity index (χ0v) is 15.8. The molecule has 2 heterocycles. The SMILES string of the molecule is CC(=O)N1N=C2c3c(ccc(C)c3F)SC[C@H]2[C@@H]1Sc1ccc(F)cc1. The van der Waals surface area contributed by atoms with E-state index in [2.05, 4.69) is 5.10 Å². The lowest BCUT2D eigenvalue weighted by atomic mass is 9.96. The lowest BCUT2D eigenvalue weighted by Gasteiger charge is -2.28. The number of hydrogen-bond acceptors (Lipinski definition) is 4. The van der Waals surface area contributed by atoms with Gasteiger partial charge >= 0.3 is 0 Å². The number of aryl methyl sites for hydroxylation is 1. The summed E-state index contributed by atoms with van der Waals surface area (Å²) in [5.41, 5.74) is 1.71. The lowest BCUT2D eigenvalue weighted by molar-refractivity contribution is -0.129. The average Bonchev–Trinajstić information content (AvgIpc) is 2.99. The second kappa shape index (κ2) is 6.70. The molecule has 0 radical (unpaired) electrons. The van der Waals surface area contributed by atoms with Crippen LogP contribution in [0.5, 0.6) is 0 Å². The number of amides is 1. The fourth-order valence-electron chi connectivity index (χ4n) is 3.18. The molecule has 0 N–H and O–H groups in total. The molecule has 134 valence electrons. The molecule has 0 saturated carbocycles. The van der Waals surface area contributed by atoms with Gasteiger partial charge in [0.05, 0.1) is 5.71 Å². The van der Waals surface area contributed by atoms with Gasteiger partial charge in [0.2, 0.25) is 5.91 Å². The largest absolute Gasteiger partial charge is 0.273 e. The first-order chi connectivity index (χ1) is 12.5. The summed E-state index contributed by atoms with van der Waals surface area (Å²) in [6, 6.07) is 9.84. The van der Waals surface area contributed by atoms with Crippen molar-refractivity contribution < 1.29 is 13.6 Å². The Balaban J connectivity index is 1.73. The predicted molar refractivity (Wildman–Crippen MR) is 100 cm³/mol. The molecule has 2 aromatic rings. The summed E-state index contributed by atoms with van der Waals surface area (Å²) in [6.45, 7) is 3.19. The van der Waals surface area contributed by atoms with Crippen molar-refractivity contribution in [3.63, 3.8) is 0 Å². The van der Waals surface area contributed by atoms with Crippen molar-refractivity contribution in [3.05, 3.63) is 59.2 Å². The number of carbonyl (C=O) groups is 1. The standard InChI is InChI=1S/C19H16F2N2OS2/c1-10-3-8-15-16(17(10)21)18-14(9-25-15)19(23(22-18)11(2)24)26-13-6-4-12(20)5-7-13/h3-8,14,19H,9H2,1-2H3/t14-,19+/m1/s1. The van der Waals surface area contributed by atoms with E-state index in [0.717, 1.165) is 15.5 Å². The maximum absolute atomic E-state index is 14.8. The third-order valence-electron chi connectivity index (χ3n) is 4.52. The second-order valence-corrected chi connectivity index (χ2v) is 8.55. The molecule has 0 unspecified atom stereocenters. The van der Waals surface area contributed by atoms with Gasteiger partial charge in [-0.05, 0) is 42.8 Å². The molecule has 2 aliphatic heterocycles. The van der Waals surface area contributed by atoms with Gasteiger partial charge in [-0.3, -0.25) is 4.79 Å². The van der Waals surface area contributed by atoms with E-state index in [-0.39, 0.29) is 28.8 Å². The monoisotopic (exact) mass is 390 g/mol. The summed E-state index contributed by atoms with van der Waals surface area (Å²) in [5.74, 6) is -0.124. The smallest absolute Gasteiger partial charge is 0.240 e. The Morgan fingerprint density at radius 1 is 1.23 bits per heavy atom. The Bertz CT molecular complexity index is 915. The fourth-order valence-corrected chi connectivity index (χ4v) is 5.77. The van der Waals surface area contributed by atoms with Crippen LogP contribution in [-0.2, 0) is 4.79 Å². The summed E-state index contributed by atoms with van der Waals surface area (Å²) in [6.07, 6.45) is 0. The minimum atomic E-state index is -0.305. The van der Waals surface area contributed by atoms with Crippen molar-refractivity contribution in [2.75, 3.05) is 5.75 Å².